The van der Waals surface area contributed by atoms with Crippen molar-refractivity contribution < 1.29 is 19.0 Å². The van der Waals surface area contributed by atoms with Crippen molar-refractivity contribution in [2.75, 3.05) is 45.9 Å². The van der Waals surface area contributed by atoms with Crippen molar-refractivity contribution in [2.45, 2.75) is 13.0 Å². The second-order valence-corrected chi connectivity index (χ2v) is 5.48. The van der Waals surface area contributed by atoms with Crippen molar-refractivity contribution in [3.63, 3.8) is 0 Å². The zero-order chi connectivity index (χ0) is 15.4. The van der Waals surface area contributed by atoms with E-state index in [4.69, 9.17) is 14.2 Å². The van der Waals surface area contributed by atoms with E-state index in [0.717, 1.165) is 31.1 Å². The fourth-order valence-electron chi connectivity index (χ4n) is 2.77. The molecule has 0 bridgehead atoms. The lowest BCUT2D eigenvalue weighted by atomic mass is 10.2. The van der Waals surface area contributed by atoms with Crippen molar-refractivity contribution in [2.24, 2.45) is 0 Å². The average molecular weight is 306 g/mol. The normalized spacial score (nSPS) is 21.5. The summed E-state index contributed by atoms with van der Waals surface area (Å²) >= 11 is 0. The number of piperazine rings is 1. The lowest BCUT2D eigenvalue weighted by Gasteiger charge is -2.36. The minimum atomic E-state index is -0.215. The van der Waals surface area contributed by atoms with E-state index in [2.05, 4.69) is 4.90 Å². The van der Waals surface area contributed by atoms with E-state index in [9.17, 15) is 4.79 Å². The number of hydrogen-bond acceptors (Lipinski definition) is 5. The number of carbonyl (C=O) groups excluding carboxylic acids is 1. The molecule has 1 unspecified atom stereocenters. The number of ether oxygens (including phenoxy) is 3. The summed E-state index contributed by atoms with van der Waals surface area (Å²) in [6.07, 6.45) is -0.183. The van der Waals surface area contributed by atoms with Crippen LogP contribution in [0.15, 0.2) is 24.3 Å². The van der Waals surface area contributed by atoms with Gasteiger partial charge in [0.25, 0.3) is 0 Å². The van der Waals surface area contributed by atoms with Gasteiger partial charge in [0.05, 0.1) is 6.61 Å². The van der Waals surface area contributed by atoms with Crippen LogP contribution in [0, 0.1) is 0 Å². The molecule has 0 N–H and O–H groups in total. The maximum atomic E-state index is 11.7. The highest BCUT2D eigenvalue weighted by Gasteiger charge is 2.27. The predicted octanol–water partition coefficient (Wildman–Crippen LogP) is 1.60. The maximum Gasteiger partial charge on any atom is 0.409 e. The van der Waals surface area contributed by atoms with Gasteiger partial charge in [0, 0.05) is 32.7 Å². The number of hydrogen-bond donors (Lipinski definition) is 0. The molecule has 1 fully saturated rings. The molecule has 120 valence electrons. The number of carbonyl (C=O) groups is 1. The third-order valence-corrected chi connectivity index (χ3v) is 3.93. The molecule has 0 radical (unpaired) electrons. The van der Waals surface area contributed by atoms with Crippen LogP contribution in [0.5, 0.6) is 11.5 Å². The molecule has 0 aliphatic carbocycles. The highest BCUT2D eigenvalue weighted by atomic mass is 16.6. The Morgan fingerprint density at radius 3 is 2.68 bits per heavy atom. The Balaban J connectivity index is 1.47. The zero-order valence-electron chi connectivity index (χ0n) is 12.9. The van der Waals surface area contributed by atoms with Crippen LogP contribution < -0.4 is 9.47 Å². The molecule has 2 heterocycles. The fraction of sp³-hybridized carbons (Fsp3) is 0.562. The zero-order valence-corrected chi connectivity index (χ0v) is 12.9. The summed E-state index contributed by atoms with van der Waals surface area (Å²) in [6, 6.07) is 7.74. The summed E-state index contributed by atoms with van der Waals surface area (Å²) in [4.78, 5) is 15.7. The van der Waals surface area contributed by atoms with E-state index in [1.807, 2.05) is 31.2 Å². The van der Waals surface area contributed by atoms with Crippen LogP contribution in [0.25, 0.3) is 0 Å². The standard InChI is InChI=1S/C16H22N2O4/c1-2-20-16(19)18-9-7-17(8-10-18)11-13-12-21-14-5-3-4-6-15(14)22-13/h3-6,13H,2,7-12H2,1H3. The quantitative estimate of drug-likeness (QED) is 0.849. The molecule has 0 spiro atoms. The fourth-order valence-corrected chi connectivity index (χ4v) is 2.77. The molecular formula is C16H22N2O4. The second kappa shape index (κ2) is 6.87. The van der Waals surface area contributed by atoms with Crippen LogP contribution in [-0.4, -0.2) is 67.9 Å². The maximum absolute atomic E-state index is 11.7. The molecule has 0 saturated carbocycles. The van der Waals surface area contributed by atoms with Crippen molar-refractivity contribution in [3.8, 4) is 11.5 Å². The Hall–Kier alpha value is -1.95. The van der Waals surface area contributed by atoms with Crippen LogP contribution in [0.2, 0.25) is 0 Å². The van der Waals surface area contributed by atoms with Crippen LogP contribution in [0.4, 0.5) is 4.79 Å². The van der Waals surface area contributed by atoms with Crippen LogP contribution in [0.3, 0.4) is 0 Å². The summed E-state index contributed by atoms with van der Waals surface area (Å²) < 4.78 is 16.7. The Morgan fingerprint density at radius 1 is 1.23 bits per heavy atom. The predicted molar refractivity (Wildman–Crippen MR) is 81.4 cm³/mol. The number of para-hydroxylation sites is 2. The minimum Gasteiger partial charge on any atom is -0.486 e. The van der Waals surface area contributed by atoms with Crippen LogP contribution in [-0.2, 0) is 4.74 Å². The first kappa shape index (κ1) is 15.0. The van der Waals surface area contributed by atoms with E-state index in [1.54, 1.807) is 4.90 Å². The third kappa shape index (κ3) is 3.44. The molecule has 1 aromatic rings. The molecule has 1 saturated heterocycles. The van der Waals surface area contributed by atoms with Gasteiger partial charge in [-0.3, -0.25) is 4.90 Å². The smallest absolute Gasteiger partial charge is 0.409 e. The largest absolute Gasteiger partial charge is 0.486 e. The number of rotatable bonds is 3. The van der Waals surface area contributed by atoms with Crippen molar-refractivity contribution in [3.05, 3.63) is 24.3 Å². The van der Waals surface area contributed by atoms with Gasteiger partial charge in [0.1, 0.15) is 12.7 Å². The molecule has 2 aliphatic heterocycles. The lowest BCUT2D eigenvalue weighted by Crippen LogP contribution is -2.52. The van der Waals surface area contributed by atoms with Gasteiger partial charge in [0.2, 0.25) is 0 Å². The summed E-state index contributed by atoms with van der Waals surface area (Å²) in [5.74, 6) is 1.62. The Morgan fingerprint density at radius 2 is 1.95 bits per heavy atom. The topological polar surface area (TPSA) is 51.2 Å². The van der Waals surface area contributed by atoms with Crippen molar-refractivity contribution in [1.82, 2.24) is 9.80 Å². The van der Waals surface area contributed by atoms with Gasteiger partial charge in [-0.1, -0.05) is 12.1 Å². The first-order valence-electron chi connectivity index (χ1n) is 7.79. The van der Waals surface area contributed by atoms with Gasteiger partial charge in [-0.2, -0.15) is 0 Å². The molecule has 2 aliphatic rings. The Labute approximate surface area is 130 Å². The van der Waals surface area contributed by atoms with E-state index in [0.29, 0.717) is 26.3 Å². The SMILES string of the molecule is CCOC(=O)N1CCN(CC2COc3ccccc3O2)CC1. The summed E-state index contributed by atoms with van der Waals surface area (Å²) in [5, 5.41) is 0. The van der Waals surface area contributed by atoms with E-state index in [1.165, 1.54) is 0 Å². The summed E-state index contributed by atoms with van der Waals surface area (Å²) in [6.45, 7) is 6.69. The molecule has 6 heteroatoms. The van der Waals surface area contributed by atoms with Gasteiger partial charge in [0.15, 0.2) is 11.5 Å². The van der Waals surface area contributed by atoms with Crippen LogP contribution >= 0.6 is 0 Å². The van der Waals surface area contributed by atoms with E-state index < -0.39 is 0 Å². The van der Waals surface area contributed by atoms with Crippen molar-refractivity contribution in [1.29, 1.82) is 0 Å². The van der Waals surface area contributed by atoms with Crippen LogP contribution in [0.1, 0.15) is 6.92 Å². The molecule has 1 aromatic carbocycles. The van der Waals surface area contributed by atoms with Gasteiger partial charge >= 0.3 is 6.09 Å². The first-order valence-corrected chi connectivity index (χ1v) is 7.79. The van der Waals surface area contributed by atoms with Crippen molar-refractivity contribution >= 4 is 6.09 Å². The van der Waals surface area contributed by atoms with E-state index >= 15 is 0 Å². The second-order valence-electron chi connectivity index (χ2n) is 5.48. The molecule has 22 heavy (non-hydrogen) atoms. The molecule has 6 nitrogen and oxygen atoms in total. The van der Waals surface area contributed by atoms with Gasteiger partial charge in [-0.05, 0) is 19.1 Å². The molecule has 3 rings (SSSR count). The Bertz CT molecular complexity index is 515. The summed E-state index contributed by atoms with van der Waals surface area (Å²) in [5.41, 5.74) is 0. The van der Waals surface area contributed by atoms with Gasteiger partial charge in [-0.25, -0.2) is 4.79 Å². The highest BCUT2D eigenvalue weighted by Crippen LogP contribution is 2.31. The molecule has 1 amide bonds. The Kier molecular flexibility index (Phi) is 4.68. The monoisotopic (exact) mass is 306 g/mol. The third-order valence-electron chi connectivity index (χ3n) is 3.93. The number of benzene rings is 1. The lowest BCUT2D eigenvalue weighted by molar-refractivity contribution is 0.0364. The summed E-state index contributed by atoms with van der Waals surface area (Å²) in [7, 11) is 0. The highest BCUT2D eigenvalue weighted by molar-refractivity contribution is 5.67. The molecular weight excluding hydrogens is 284 g/mol. The molecule has 0 aromatic heterocycles. The number of amides is 1. The van der Waals surface area contributed by atoms with Gasteiger partial charge < -0.3 is 19.1 Å². The first-order chi connectivity index (χ1) is 10.8. The van der Waals surface area contributed by atoms with Gasteiger partial charge in [-0.15, -0.1) is 0 Å². The number of nitrogens with zero attached hydrogens (tertiary/aromatic N) is 2. The van der Waals surface area contributed by atoms with E-state index in [-0.39, 0.29) is 12.2 Å². The minimum absolute atomic E-state index is 0.0315. The molecule has 1 atom stereocenters. The average Bonchev–Trinajstić information content (AvgIpc) is 2.56. The number of fused-ring (bicyclic) bond motifs is 1.